The molecule has 1 aromatic carbocycles. The van der Waals surface area contributed by atoms with Gasteiger partial charge in [-0.15, -0.1) is 0 Å². The van der Waals surface area contributed by atoms with Gasteiger partial charge in [-0.05, 0) is 43.1 Å². The lowest BCUT2D eigenvalue weighted by atomic mass is 10.0. The first kappa shape index (κ1) is 10.8. The van der Waals surface area contributed by atoms with Crippen LogP contribution in [0.5, 0.6) is 0 Å². The number of likely N-dealkylation sites (tertiary alicyclic amines) is 1. The molecule has 1 saturated heterocycles. The molecule has 1 fully saturated rings. The van der Waals surface area contributed by atoms with Gasteiger partial charge >= 0.3 is 0 Å². The topological polar surface area (TPSA) is 23.6 Å². The maximum atomic E-state index is 11.9. The number of hydrogen-bond acceptors (Lipinski definition) is 2. The zero-order chi connectivity index (χ0) is 11.8. The van der Waals surface area contributed by atoms with Gasteiger partial charge in [0.2, 0.25) is 0 Å². The fourth-order valence-electron chi connectivity index (χ4n) is 2.87. The molecular formula is C14H18N2O. The van der Waals surface area contributed by atoms with Crippen molar-refractivity contribution in [2.24, 2.45) is 0 Å². The van der Waals surface area contributed by atoms with Gasteiger partial charge in [0, 0.05) is 25.7 Å². The van der Waals surface area contributed by atoms with Gasteiger partial charge in [-0.3, -0.25) is 9.69 Å². The highest BCUT2D eigenvalue weighted by Crippen LogP contribution is 2.26. The molecule has 1 aromatic rings. The lowest BCUT2D eigenvalue weighted by Gasteiger charge is -2.16. The van der Waals surface area contributed by atoms with E-state index in [-0.39, 0.29) is 5.91 Å². The van der Waals surface area contributed by atoms with E-state index < -0.39 is 0 Å². The second-order valence-corrected chi connectivity index (χ2v) is 5.09. The first-order valence-corrected chi connectivity index (χ1v) is 6.34. The Labute approximate surface area is 102 Å². The van der Waals surface area contributed by atoms with Gasteiger partial charge in [0.15, 0.2) is 0 Å². The van der Waals surface area contributed by atoms with Crippen molar-refractivity contribution in [1.29, 1.82) is 0 Å². The molecule has 0 aliphatic carbocycles. The fraction of sp³-hybridized carbons (Fsp3) is 0.500. The van der Waals surface area contributed by atoms with Gasteiger partial charge < -0.3 is 4.90 Å². The van der Waals surface area contributed by atoms with Crippen LogP contribution < -0.4 is 0 Å². The van der Waals surface area contributed by atoms with E-state index >= 15 is 0 Å². The second kappa shape index (κ2) is 4.15. The van der Waals surface area contributed by atoms with Crippen molar-refractivity contribution in [3.8, 4) is 0 Å². The Morgan fingerprint density at radius 1 is 1.24 bits per heavy atom. The summed E-state index contributed by atoms with van der Waals surface area (Å²) in [6.45, 7) is 4.18. The maximum Gasteiger partial charge on any atom is 0.254 e. The lowest BCUT2D eigenvalue weighted by molar-refractivity contribution is 0.0816. The molecule has 0 saturated carbocycles. The summed E-state index contributed by atoms with van der Waals surface area (Å²) in [4.78, 5) is 16.2. The first-order chi connectivity index (χ1) is 8.25. The number of carbonyl (C=O) groups is 1. The first-order valence-electron chi connectivity index (χ1n) is 6.34. The van der Waals surface area contributed by atoms with Crippen molar-refractivity contribution in [3.05, 3.63) is 34.9 Å². The molecule has 0 radical (unpaired) electrons. The Bertz CT molecular complexity index is 450. The normalized spacial score (nSPS) is 20.1. The molecule has 0 N–H and O–H groups in total. The number of rotatable bonds is 2. The third-order valence-electron chi connectivity index (χ3n) is 3.84. The Balaban J connectivity index is 1.88. The van der Waals surface area contributed by atoms with Gasteiger partial charge in [0.05, 0.1) is 0 Å². The third-order valence-corrected chi connectivity index (χ3v) is 3.84. The zero-order valence-corrected chi connectivity index (χ0v) is 10.3. The van der Waals surface area contributed by atoms with E-state index in [0.717, 1.165) is 18.7 Å². The van der Waals surface area contributed by atoms with E-state index in [1.165, 1.54) is 37.1 Å². The van der Waals surface area contributed by atoms with Crippen molar-refractivity contribution >= 4 is 5.91 Å². The third kappa shape index (κ3) is 1.84. The van der Waals surface area contributed by atoms with Gasteiger partial charge in [-0.25, -0.2) is 0 Å². The molecule has 0 atom stereocenters. The Morgan fingerprint density at radius 3 is 2.76 bits per heavy atom. The Hall–Kier alpha value is -1.35. The quantitative estimate of drug-likeness (QED) is 0.774. The van der Waals surface area contributed by atoms with Gasteiger partial charge in [0.25, 0.3) is 5.91 Å². The van der Waals surface area contributed by atoms with Crippen molar-refractivity contribution in [3.63, 3.8) is 0 Å². The van der Waals surface area contributed by atoms with Crippen molar-refractivity contribution < 1.29 is 4.79 Å². The predicted molar refractivity (Wildman–Crippen MR) is 66.8 cm³/mol. The Morgan fingerprint density at radius 2 is 2.00 bits per heavy atom. The highest BCUT2D eigenvalue weighted by atomic mass is 16.2. The fourth-order valence-corrected chi connectivity index (χ4v) is 2.87. The predicted octanol–water partition coefficient (Wildman–Crippen LogP) is 1.87. The number of fused-ring (bicyclic) bond motifs is 1. The van der Waals surface area contributed by atoms with Gasteiger partial charge in [0.1, 0.15) is 0 Å². The van der Waals surface area contributed by atoms with Crippen LogP contribution in [0.25, 0.3) is 0 Å². The summed E-state index contributed by atoms with van der Waals surface area (Å²) in [5.74, 6) is 0.170. The zero-order valence-electron chi connectivity index (χ0n) is 10.3. The molecule has 3 rings (SSSR count). The molecule has 0 aromatic heterocycles. The summed E-state index contributed by atoms with van der Waals surface area (Å²) in [6, 6.07) is 6.14. The molecule has 90 valence electrons. The van der Waals surface area contributed by atoms with E-state index in [1.807, 2.05) is 19.2 Å². The number of benzene rings is 1. The average molecular weight is 230 g/mol. The molecular weight excluding hydrogens is 212 g/mol. The minimum absolute atomic E-state index is 0.170. The van der Waals surface area contributed by atoms with Crippen LogP contribution in [0.15, 0.2) is 18.2 Å². The van der Waals surface area contributed by atoms with Crippen LogP contribution in [0.4, 0.5) is 0 Å². The van der Waals surface area contributed by atoms with Crippen LogP contribution in [-0.4, -0.2) is 35.8 Å². The molecule has 0 bridgehead atoms. The largest absolute Gasteiger partial charge is 0.337 e. The molecule has 17 heavy (non-hydrogen) atoms. The second-order valence-electron chi connectivity index (χ2n) is 5.09. The smallest absolute Gasteiger partial charge is 0.254 e. The van der Waals surface area contributed by atoms with Crippen LogP contribution in [-0.2, 0) is 13.1 Å². The van der Waals surface area contributed by atoms with E-state index in [2.05, 4.69) is 11.0 Å². The van der Waals surface area contributed by atoms with Crippen molar-refractivity contribution in [2.75, 3.05) is 20.1 Å². The van der Waals surface area contributed by atoms with E-state index in [9.17, 15) is 4.79 Å². The molecule has 1 amide bonds. The summed E-state index contributed by atoms with van der Waals surface area (Å²) in [7, 11) is 1.88. The van der Waals surface area contributed by atoms with Gasteiger partial charge in [-0.2, -0.15) is 0 Å². The standard InChI is InChI=1S/C14H18N2O/c1-15-10-13-11(9-16-7-2-3-8-16)5-4-6-12(13)14(15)17/h4-6H,2-3,7-10H2,1H3. The molecule has 2 aliphatic heterocycles. The monoisotopic (exact) mass is 230 g/mol. The van der Waals surface area contributed by atoms with Crippen molar-refractivity contribution in [2.45, 2.75) is 25.9 Å². The number of nitrogens with zero attached hydrogens (tertiary/aromatic N) is 2. The summed E-state index contributed by atoms with van der Waals surface area (Å²) in [5.41, 5.74) is 3.48. The minimum Gasteiger partial charge on any atom is -0.337 e. The SMILES string of the molecule is CN1Cc2c(CN3CCCC3)cccc2C1=O. The highest BCUT2D eigenvalue weighted by Gasteiger charge is 2.26. The van der Waals surface area contributed by atoms with Crippen LogP contribution in [0.3, 0.4) is 0 Å². The number of amides is 1. The molecule has 0 spiro atoms. The summed E-state index contributed by atoms with van der Waals surface area (Å²) in [6.07, 6.45) is 2.63. The van der Waals surface area contributed by atoms with E-state index in [4.69, 9.17) is 0 Å². The number of carbonyl (C=O) groups excluding carboxylic acids is 1. The molecule has 2 heterocycles. The van der Waals surface area contributed by atoms with E-state index in [0.29, 0.717) is 0 Å². The Kier molecular flexibility index (Phi) is 2.63. The molecule has 3 heteroatoms. The van der Waals surface area contributed by atoms with Crippen molar-refractivity contribution in [1.82, 2.24) is 9.80 Å². The average Bonchev–Trinajstić information content (AvgIpc) is 2.91. The van der Waals surface area contributed by atoms with E-state index in [1.54, 1.807) is 4.90 Å². The van der Waals surface area contributed by atoms with Crippen LogP contribution in [0.1, 0.15) is 34.3 Å². The molecule has 2 aliphatic rings. The van der Waals surface area contributed by atoms with Crippen LogP contribution >= 0.6 is 0 Å². The minimum atomic E-state index is 0.170. The lowest BCUT2D eigenvalue weighted by Crippen LogP contribution is -2.19. The summed E-state index contributed by atoms with van der Waals surface area (Å²) >= 11 is 0. The van der Waals surface area contributed by atoms with Crippen LogP contribution in [0, 0.1) is 0 Å². The van der Waals surface area contributed by atoms with Crippen LogP contribution in [0.2, 0.25) is 0 Å². The maximum absolute atomic E-state index is 11.9. The molecule has 0 unspecified atom stereocenters. The summed E-state index contributed by atoms with van der Waals surface area (Å²) < 4.78 is 0. The molecule has 3 nitrogen and oxygen atoms in total. The van der Waals surface area contributed by atoms with Gasteiger partial charge in [-0.1, -0.05) is 12.1 Å². The highest BCUT2D eigenvalue weighted by molar-refractivity contribution is 5.98. The number of hydrogen-bond donors (Lipinski definition) is 0. The summed E-state index contributed by atoms with van der Waals surface area (Å²) in [5, 5.41) is 0.